The summed E-state index contributed by atoms with van der Waals surface area (Å²) in [5.74, 6) is 0.845. The first-order chi connectivity index (χ1) is 28.2. The lowest BCUT2D eigenvalue weighted by Crippen LogP contribution is -2.18. The number of allylic oxidation sites excluding steroid dienone is 5. The van der Waals surface area contributed by atoms with E-state index in [2.05, 4.69) is 198 Å². The van der Waals surface area contributed by atoms with Gasteiger partial charge in [-0.05, 0) is 78.7 Å². The number of fused-ring (bicyclic) bond motifs is 12. The van der Waals surface area contributed by atoms with Gasteiger partial charge in [0.25, 0.3) is 0 Å². The van der Waals surface area contributed by atoms with Crippen LogP contribution in [0, 0.1) is 0 Å². The van der Waals surface area contributed by atoms with Gasteiger partial charge in [-0.1, -0.05) is 128 Å². The van der Waals surface area contributed by atoms with Crippen LogP contribution in [0.3, 0.4) is 0 Å². The van der Waals surface area contributed by atoms with Gasteiger partial charge in [-0.3, -0.25) is 4.90 Å². The van der Waals surface area contributed by atoms with Gasteiger partial charge >= 0.3 is 0 Å². The number of aromatic nitrogens is 2. The van der Waals surface area contributed by atoms with Crippen LogP contribution in [0.5, 0.6) is 0 Å². The highest BCUT2D eigenvalue weighted by atomic mass is 32.1. The molecular weight excluding hydrogens is 713 g/mol. The molecule has 0 N–H and O–H groups in total. The second-order valence-corrected chi connectivity index (χ2v) is 15.5. The molecule has 0 spiro atoms. The summed E-state index contributed by atoms with van der Waals surface area (Å²) in [6, 6.07) is 54.7. The van der Waals surface area contributed by atoms with Crippen LogP contribution in [0.4, 0.5) is 28.6 Å². The van der Waals surface area contributed by atoms with E-state index in [4.69, 9.17) is 4.98 Å². The number of hydrogen-bond donors (Lipinski definition) is 0. The van der Waals surface area contributed by atoms with E-state index in [-0.39, 0.29) is 0 Å². The lowest BCUT2D eigenvalue weighted by molar-refractivity contribution is 1.07. The van der Waals surface area contributed by atoms with Crippen LogP contribution in [-0.4, -0.2) is 9.55 Å². The van der Waals surface area contributed by atoms with Crippen molar-refractivity contribution in [1.82, 2.24) is 9.55 Å². The molecule has 0 bridgehead atoms. The summed E-state index contributed by atoms with van der Waals surface area (Å²) >= 11 is 1.84. The Kier molecular flexibility index (Phi) is 7.69. The van der Waals surface area contributed by atoms with Crippen molar-refractivity contribution in [1.29, 1.82) is 0 Å². The first-order valence-corrected chi connectivity index (χ1v) is 20.1. The largest absolute Gasteiger partial charge is 0.309 e. The quantitative estimate of drug-likeness (QED) is 0.164. The van der Waals surface area contributed by atoms with Crippen molar-refractivity contribution in [3.05, 3.63) is 206 Å². The summed E-state index contributed by atoms with van der Waals surface area (Å²) < 4.78 is 4.93. The smallest absolute Gasteiger partial charge is 0.137 e. The first kappa shape index (κ1) is 33.2. The van der Waals surface area contributed by atoms with E-state index < -0.39 is 0 Å². The molecule has 2 aliphatic heterocycles. The zero-order valence-electron chi connectivity index (χ0n) is 31.3. The van der Waals surface area contributed by atoms with Crippen molar-refractivity contribution >= 4 is 77.1 Å². The van der Waals surface area contributed by atoms with E-state index in [1.165, 1.54) is 36.7 Å². The second-order valence-electron chi connectivity index (χ2n) is 14.5. The summed E-state index contributed by atoms with van der Waals surface area (Å²) in [7, 11) is 0. The maximum absolute atomic E-state index is 5.38. The molecule has 5 heteroatoms. The number of para-hydroxylation sites is 4. The molecule has 270 valence electrons. The number of nitrogens with zero attached hydrogens (tertiary/aromatic N) is 4. The second kappa shape index (κ2) is 13.2. The third kappa shape index (κ3) is 5.10. The normalized spacial score (nSPS) is 13.5. The van der Waals surface area contributed by atoms with Gasteiger partial charge in [0.15, 0.2) is 0 Å². The lowest BCUT2D eigenvalue weighted by atomic mass is 9.98. The molecule has 0 amide bonds. The molecule has 4 nitrogen and oxygen atoms in total. The fourth-order valence-electron chi connectivity index (χ4n) is 8.80. The van der Waals surface area contributed by atoms with E-state index in [0.717, 1.165) is 67.9 Å². The topological polar surface area (TPSA) is 24.3 Å². The minimum atomic E-state index is 0.845. The zero-order chi connectivity index (χ0) is 38.0. The maximum atomic E-state index is 5.38. The van der Waals surface area contributed by atoms with Crippen molar-refractivity contribution in [2.24, 2.45) is 0 Å². The molecule has 3 aromatic heterocycles. The predicted octanol–water partition coefficient (Wildman–Crippen LogP) is 14.7. The summed E-state index contributed by atoms with van der Waals surface area (Å²) in [5.41, 5.74) is 14.7. The molecule has 9 aromatic rings. The molecule has 57 heavy (non-hydrogen) atoms. The summed E-state index contributed by atoms with van der Waals surface area (Å²) in [5, 5.41) is 3.69. The van der Waals surface area contributed by atoms with Crippen LogP contribution >= 0.6 is 11.3 Å². The number of anilines is 5. The van der Waals surface area contributed by atoms with Crippen molar-refractivity contribution in [2.75, 3.05) is 9.80 Å². The van der Waals surface area contributed by atoms with E-state index in [1.807, 2.05) is 29.7 Å². The Morgan fingerprint density at radius 3 is 2.14 bits per heavy atom. The third-order valence-electron chi connectivity index (χ3n) is 11.2. The number of benzene rings is 6. The van der Waals surface area contributed by atoms with E-state index in [1.54, 1.807) is 0 Å². The van der Waals surface area contributed by atoms with Gasteiger partial charge in [0.1, 0.15) is 5.82 Å². The highest BCUT2D eigenvalue weighted by molar-refractivity contribution is 7.26. The Balaban J connectivity index is 1.16. The number of pyridine rings is 1. The average Bonchev–Trinajstić information content (AvgIpc) is 3.73. The standard InChI is InChI=1S/C52H36N4S/c1-3-4-22-42-34(2)27-28-35-29-31-47-50(41-21-11-15-26-46(41)57-47)51(35)56(42)48-32-30-37(33-53-48)55-44-24-13-9-19-39(44)49-38-18-8-12-23-43(38)54(36-16-6-5-7-17-36)45-25-14-10-20-40(45)52(49)55/h3-33H,1H2,2H3/b22-4-. The molecule has 0 fully saturated rings. The number of rotatable bonds is 5. The molecule has 11 rings (SSSR count). The van der Waals surface area contributed by atoms with Gasteiger partial charge in [0, 0.05) is 47.9 Å². The fourth-order valence-corrected chi connectivity index (χ4v) is 9.91. The highest BCUT2D eigenvalue weighted by Crippen LogP contribution is 2.54. The van der Waals surface area contributed by atoms with Crippen LogP contribution < -0.4 is 9.80 Å². The summed E-state index contributed by atoms with van der Waals surface area (Å²) in [6.07, 6.45) is 12.5. The molecule has 0 aliphatic carbocycles. The van der Waals surface area contributed by atoms with Crippen LogP contribution in [-0.2, 0) is 0 Å². The minimum Gasteiger partial charge on any atom is -0.309 e. The molecule has 5 heterocycles. The SMILES string of the molecule is C=C/C=C\C1=C(C)C=Cc2ccc3sc4ccccc4c3c2N1c1ccc(-n2c3c(c4ccccc42)-c2ccccc2N(c2ccccc2)c2ccccc2-3)cn1. The first-order valence-electron chi connectivity index (χ1n) is 19.3. The Morgan fingerprint density at radius 2 is 1.33 bits per heavy atom. The van der Waals surface area contributed by atoms with E-state index in [0.29, 0.717) is 0 Å². The lowest BCUT2D eigenvalue weighted by Gasteiger charge is -2.28. The Morgan fingerprint density at radius 1 is 0.614 bits per heavy atom. The summed E-state index contributed by atoms with van der Waals surface area (Å²) in [6.45, 7) is 6.18. The molecule has 0 saturated heterocycles. The predicted molar refractivity (Wildman–Crippen MR) is 243 cm³/mol. The molecule has 2 aliphatic rings. The van der Waals surface area contributed by atoms with Crippen molar-refractivity contribution in [3.63, 3.8) is 0 Å². The van der Waals surface area contributed by atoms with Gasteiger partial charge in [-0.25, -0.2) is 4.98 Å². The Bertz CT molecular complexity index is 3160. The zero-order valence-corrected chi connectivity index (χ0v) is 32.1. The molecule has 0 atom stereocenters. The number of hydrogen-bond acceptors (Lipinski definition) is 4. The van der Waals surface area contributed by atoms with Gasteiger partial charge in [-0.2, -0.15) is 0 Å². The van der Waals surface area contributed by atoms with Crippen molar-refractivity contribution in [3.8, 4) is 28.1 Å². The molecule has 0 unspecified atom stereocenters. The highest BCUT2D eigenvalue weighted by Gasteiger charge is 2.32. The molecule has 6 aromatic carbocycles. The van der Waals surface area contributed by atoms with Gasteiger partial charge in [-0.15, -0.1) is 11.3 Å². The van der Waals surface area contributed by atoms with Crippen LogP contribution in [0.1, 0.15) is 12.5 Å². The Labute approximate surface area is 335 Å². The van der Waals surface area contributed by atoms with Gasteiger partial charge < -0.3 is 9.47 Å². The molecular formula is C52H36N4S. The Hall–Kier alpha value is -7.21. The minimum absolute atomic E-state index is 0.845. The van der Waals surface area contributed by atoms with Crippen LogP contribution in [0.25, 0.3) is 65.2 Å². The summed E-state index contributed by atoms with van der Waals surface area (Å²) in [4.78, 5) is 10.1. The van der Waals surface area contributed by atoms with Crippen LogP contribution in [0.15, 0.2) is 200 Å². The third-order valence-corrected chi connectivity index (χ3v) is 12.4. The monoisotopic (exact) mass is 748 g/mol. The average molecular weight is 749 g/mol. The fraction of sp³-hybridized carbons (Fsp3) is 0.0192. The van der Waals surface area contributed by atoms with E-state index in [9.17, 15) is 0 Å². The maximum Gasteiger partial charge on any atom is 0.137 e. The van der Waals surface area contributed by atoms with Crippen molar-refractivity contribution in [2.45, 2.75) is 6.92 Å². The van der Waals surface area contributed by atoms with Gasteiger partial charge in [0.05, 0.1) is 45.9 Å². The van der Waals surface area contributed by atoms with Crippen molar-refractivity contribution < 1.29 is 0 Å². The number of thiophene rings is 1. The van der Waals surface area contributed by atoms with Gasteiger partial charge in [0.2, 0.25) is 0 Å². The molecule has 0 radical (unpaired) electrons. The molecule has 0 saturated carbocycles. The van der Waals surface area contributed by atoms with E-state index >= 15 is 0 Å². The van der Waals surface area contributed by atoms with Crippen LogP contribution in [0.2, 0.25) is 0 Å².